The second-order valence-electron chi connectivity index (χ2n) is 7.21. The van der Waals surface area contributed by atoms with Crippen LogP contribution in [0.15, 0.2) is 0 Å². The lowest BCUT2D eigenvalue weighted by atomic mass is 9.80. The Morgan fingerprint density at radius 2 is 1.45 bits per heavy atom. The van der Waals surface area contributed by atoms with Gasteiger partial charge < -0.3 is 10.6 Å². The van der Waals surface area contributed by atoms with Gasteiger partial charge in [0, 0.05) is 23.9 Å². The minimum atomic E-state index is 0.104. The fraction of sp³-hybridized carbons (Fsp3) is 0.889. The topological polar surface area (TPSA) is 58.2 Å². The monoisotopic (exact) mass is 308 g/mol. The van der Waals surface area contributed by atoms with Gasteiger partial charge in [0.25, 0.3) is 0 Å². The van der Waals surface area contributed by atoms with E-state index in [4.69, 9.17) is 0 Å². The Morgan fingerprint density at radius 3 is 2.00 bits per heavy atom. The molecule has 0 aromatic carbocycles. The standard InChI is InChI=1S/C18H32N2O2/c1-3-13(2)19-17(21)14-9-11-15(12-10-14)18(22)20-16-7-5-4-6-8-16/h13-16H,3-12H2,1-2H3,(H,19,21)(H,20,22). The normalized spacial score (nSPS) is 27.9. The van der Waals surface area contributed by atoms with E-state index in [1.165, 1.54) is 19.3 Å². The molecule has 1 atom stereocenters. The predicted octanol–water partition coefficient (Wildman–Crippen LogP) is 3.16. The fourth-order valence-electron chi connectivity index (χ4n) is 3.65. The summed E-state index contributed by atoms with van der Waals surface area (Å²) < 4.78 is 0. The molecule has 2 N–H and O–H groups in total. The van der Waals surface area contributed by atoms with Crippen LogP contribution in [-0.4, -0.2) is 23.9 Å². The van der Waals surface area contributed by atoms with Crippen molar-refractivity contribution in [3.63, 3.8) is 0 Å². The number of hydrogen-bond donors (Lipinski definition) is 2. The third kappa shape index (κ3) is 4.99. The molecule has 2 amide bonds. The highest BCUT2D eigenvalue weighted by atomic mass is 16.2. The summed E-state index contributed by atoms with van der Waals surface area (Å²) in [7, 11) is 0. The van der Waals surface area contributed by atoms with Crippen LogP contribution in [0.2, 0.25) is 0 Å². The molecular weight excluding hydrogens is 276 g/mol. The molecule has 0 saturated heterocycles. The Bertz CT molecular complexity index is 369. The van der Waals surface area contributed by atoms with Gasteiger partial charge in [-0.2, -0.15) is 0 Å². The van der Waals surface area contributed by atoms with Crippen LogP contribution in [0.5, 0.6) is 0 Å². The summed E-state index contributed by atoms with van der Waals surface area (Å²) in [5.41, 5.74) is 0. The Balaban J connectivity index is 1.71. The van der Waals surface area contributed by atoms with Crippen molar-refractivity contribution in [1.82, 2.24) is 10.6 Å². The smallest absolute Gasteiger partial charge is 0.223 e. The van der Waals surface area contributed by atoms with Gasteiger partial charge in [-0.15, -0.1) is 0 Å². The van der Waals surface area contributed by atoms with Crippen LogP contribution < -0.4 is 10.6 Å². The SMILES string of the molecule is CCC(C)NC(=O)C1CCC(C(=O)NC2CCCCC2)CC1. The lowest BCUT2D eigenvalue weighted by Crippen LogP contribution is -2.43. The van der Waals surface area contributed by atoms with E-state index < -0.39 is 0 Å². The zero-order valence-corrected chi connectivity index (χ0v) is 14.2. The molecule has 2 aliphatic carbocycles. The molecule has 22 heavy (non-hydrogen) atoms. The van der Waals surface area contributed by atoms with Crippen LogP contribution in [-0.2, 0) is 9.59 Å². The molecule has 2 saturated carbocycles. The van der Waals surface area contributed by atoms with Crippen molar-refractivity contribution in [2.24, 2.45) is 11.8 Å². The van der Waals surface area contributed by atoms with Crippen molar-refractivity contribution in [3.05, 3.63) is 0 Å². The molecule has 0 aliphatic heterocycles. The predicted molar refractivity (Wildman–Crippen MR) is 88.4 cm³/mol. The van der Waals surface area contributed by atoms with Crippen LogP contribution in [0.4, 0.5) is 0 Å². The summed E-state index contributed by atoms with van der Waals surface area (Å²) in [6.07, 6.45) is 10.5. The number of rotatable bonds is 5. The molecule has 2 aliphatic rings. The minimum Gasteiger partial charge on any atom is -0.353 e. The maximum absolute atomic E-state index is 12.4. The molecular formula is C18H32N2O2. The molecule has 0 heterocycles. The average Bonchev–Trinajstić information content (AvgIpc) is 2.55. The van der Waals surface area contributed by atoms with Crippen molar-refractivity contribution in [2.75, 3.05) is 0 Å². The van der Waals surface area contributed by atoms with Gasteiger partial charge in [-0.25, -0.2) is 0 Å². The van der Waals surface area contributed by atoms with E-state index in [9.17, 15) is 9.59 Å². The van der Waals surface area contributed by atoms with Crippen molar-refractivity contribution in [3.8, 4) is 0 Å². The molecule has 0 radical (unpaired) electrons. The maximum Gasteiger partial charge on any atom is 0.223 e. The van der Waals surface area contributed by atoms with Gasteiger partial charge in [0.1, 0.15) is 0 Å². The van der Waals surface area contributed by atoms with E-state index in [-0.39, 0.29) is 29.7 Å². The molecule has 126 valence electrons. The van der Waals surface area contributed by atoms with Crippen molar-refractivity contribution >= 4 is 11.8 Å². The molecule has 2 rings (SSSR count). The van der Waals surface area contributed by atoms with E-state index in [1.54, 1.807) is 0 Å². The summed E-state index contributed by atoms with van der Waals surface area (Å²) in [6, 6.07) is 0.646. The zero-order chi connectivity index (χ0) is 15.9. The number of carbonyl (C=O) groups excluding carboxylic acids is 2. The van der Waals surface area contributed by atoms with Crippen LogP contribution in [0, 0.1) is 11.8 Å². The largest absolute Gasteiger partial charge is 0.353 e. The number of carbonyl (C=O) groups is 2. The second kappa shape index (κ2) is 8.54. The van der Waals surface area contributed by atoms with Crippen molar-refractivity contribution in [1.29, 1.82) is 0 Å². The third-order valence-electron chi connectivity index (χ3n) is 5.42. The van der Waals surface area contributed by atoms with Crippen LogP contribution in [0.1, 0.15) is 78.1 Å². The Labute approximate surface area is 134 Å². The number of hydrogen-bond acceptors (Lipinski definition) is 2. The highest BCUT2D eigenvalue weighted by molar-refractivity contribution is 5.81. The molecule has 4 heteroatoms. The lowest BCUT2D eigenvalue weighted by molar-refractivity contribution is -0.131. The quantitative estimate of drug-likeness (QED) is 0.819. The first-order valence-corrected chi connectivity index (χ1v) is 9.21. The van der Waals surface area contributed by atoms with Crippen LogP contribution in [0.3, 0.4) is 0 Å². The van der Waals surface area contributed by atoms with Gasteiger partial charge in [-0.05, 0) is 51.9 Å². The van der Waals surface area contributed by atoms with E-state index >= 15 is 0 Å². The fourth-order valence-corrected chi connectivity index (χ4v) is 3.65. The average molecular weight is 308 g/mol. The Kier molecular flexibility index (Phi) is 6.71. The van der Waals surface area contributed by atoms with Gasteiger partial charge in [-0.1, -0.05) is 26.2 Å². The first-order valence-electron chi connectivity index (χ1n) is 9.21. The van der Waals surface area contributed by atoms with Gasteiger partial charge in [-0.3, -0.25) is 9.59 Å². The maximum atomic E-state index is 12.4. The van der Waals surface area contributed by atoms with E-state index in [0.29, 0.717) is 6.04 Å². The Hall–Kier alpha value is -1.06. The number of nitrogens with one attached hydrogen (secondary N) is 2. The molecule has 1 unspecified atom stereocenters. The van der Waals surface area contributed by atoms with E-state index in [0.717, 1.165) is 44.9 Å². The van der Waals surface area contributed by atoms with Crippen molar-refractivity contribution < 1.29 is 9.59 Å². The van der Waals surface area contributed by atoms with Crippen molar-refractivity contribution in [2.45, 2.75) is 90.1 Å². The number of amides is 2. The summed E-state index contributed by atoms with van der Waals surface area (Å²) in [4.78, 5) is 24.5. The van der Waals surface area contributed by atoms with Gasteiger partial charge in [0.2, 0.25) is 11.8 Å². The molecule has 0 aromatic rings. The lowest BCUT2D eigenvalue weighted by Gasteiger charge is -2.30. The second-order valence-corrected chi connectivity index (χ2v) is 7.21. The first kappa shape index (κ1) is 17.3. The molecule has 2 fully saturated rings. The minimum absolute atomic E-state index is 0.104. The van der Waals surface area contributed by atoms with Crippen LogP contribution >= 0.6 is 0 Å². The van der Waals surface area contributed by atoms with E-state index in [1.807, 2.05) is 6.92 Å². The highest BCUT2D eigenvalue weighted by Gasteiger charge is 2.31. The third-order valence-corrected chi connectivity index (χ3v) is 5.42. The zero-order valence-electron chi connectivity index (χ0n) is 14.2. The van der Waals surface area contributed by atoms with Gasteiger partial charge >= 0.3 is 0 Å². The summed E-state index contributed by atoms with van der Waals surface area (Å²) in [6.45, 7) is 4.12. The summed E-state index contributed by atoms with van der Waals surface area (Å²) in [5.74, 6) is 0.635. The molecule has 0 bridgehead atoms. The highest BCUT2D eigenvalue weighted by Crippen LogP contribution is 2.30. The van der Waals surface area contributed by atoms with Crippen LogP contribution in [0.25, 0.3) is 0 Å². The Morgan fingerprint density at radius 1 is 0.909 bits per heavy atom. The van der Waals surface area contributed by atoms with E-state index in [2.05, 4.69) is 17.6 Å². The summed E-state index contributed by atoms with van der Waals surface area (Å²) >= 11 is 0. The molecule has 0 spiro atoms. The first-order chi connectivity index (χ1) is 10.6. The molecule has 0 aromatic heterocycles. The molecule has 4 nitrogen and oxygen atoms in total. The van der Waals surface area contributed by atoms with Gasteiger partial charge in [0.15, 0.2) is 0 Å². The van der Waals surface area contributed by atoms with Gasteiger partial charge in [0.05, 0.1) is 0 Å². The summed E-state index contributed by atoms with van der Waals surface area (Å²) in [5, 5.41) is 6.30.